The van der Waals surface area contributed by atoms with E-state index in [1.807, 2.05) is 52.1 Å². The monoisotopic (exact) mass is 408 g/mol. The maximum absolute atomic E-state index is 12.4. The number of amides is 2. The van der Waals surface area contributed by atoms with Crippen LogP contribution in [0.3, 0.4) is 0 Å². The van der Waals surface area contributed by atoms with Crippen LogP contribution < -0.4 is 5.32 Å². The van der Waals surface area contributed by atoms with Crippen LogP contribution in [0.2, 0.25) is 0 Å². The first kappa shape index (κ1) is 21.3. The molecule has 0 saturated heterocycles. The number of anilines is 2. The maximum Gasteiger partial charge on any atom is 0.242 e. The van der Waals surface area contributed by atoms with Gasteiger partial charge < -0.3 is 15.1 Å². The molecule has 3 rings (SSSR count). The molecule has 0 radical (unpaired) electrons. The van der Waals surface area contributed by atoms with Crippen molar-refractivity contribution in [2.24, 2.45) is 7.05 Å². The molecule has 0 spiro atoms. The Morgan fingerprint density at radius 3 is 2.70 bits per heavy atom. The molecule has 0 aliphatic rings. The van der Waals surface area contributed by atoms with Crippen LogP contribution in [-0.4, -0.2) is 56.5 Å². The van der Waals surface area contributed by atoms with E-state index in [0.717, 1.165) is 39.9 Å². The molecular formula is C22H28N6O2. The zero-order chi connectivity index (χ0) is 21.7. The lowest BCUT2D eigenvalue weighted by atomic mass is 10.1. The molecule has 1 aromatic carbocycles. The fraction of sp³-hybridized carbons (Fsp3) is 0.364. The topological polar surface area (TPSA) is 83.4 Å². The molecule has 0 saturated carbocycles. The van der Waals surface area contributed by atoms with Crippen LogP contribution in [0.15, 0.2) is 36.7 Å². The van der Waals surface area contributed by atoms with E-state index in [-0.39, 0.29) is 12.5 Å². The summed E-state index contributed by atoms with van der Waals surface area (Å²) < 4.78 is 1.73. The van der Waals surface area contributed by atoms with Crippen molar-refractivity contribution in [2.75, 3.05) is 25.0 Å². The van der Waals surface area contributed by atoms with Crippen LogP contribution in [0, 0.1) is 6.92 Å². The van der Waals surface area contributed by atoms with E-state index in [4.69, 9.17) is 0 Å². The zero-order valence-electron chi connectivity index (χ0n) is 17.9. The number of fused-ring (bicyclic) bond motifs is 1. The maximum atomic E-state index is 12.4. The molecule has 0 atom stereocenters. The van der Waals surface area contributed by atoms with Crippen molar-refractivity contribution < 1.29 is 9.59 Å². The van der Waals surface area contributed by atoms with Gasteiger partial charge >= 0.3 is 0 Å². The summed E-state index contributed by atoms with van der Waals surface area (Å²) >= 11 is 0. The molecule has 8 nitrogen and oxygen atoms in total. The third kappa shape index (κ3) is 4.59. The number of likely N-dealkylation sites (N-methyl/N-ethyl adjacent to an activating group) is 1. The van der Waals surface area contributed by atoms with Crippen LogP contribution in [0.4, 0.5) is 11.4 Å². The highest BCUT2D eigenvalue weighted by Crippen LogP contribution is 2.25. The van der Waals surface area contributed by atoms with Crippen LogP contribution >= 0.6 is 0 Å². The average Bonchev–Trinajstić information content (AvgIpc) is 3.11. The largest absolute Gasteiger partial charge is 0.354 e. The number of carbonyl (C=O) groups is 2. The van der Waals surface area contributed by atoms with Gasteiger partial charge in [0.2, 0.25) is 12.3 Å². The van der Waals surface area contributed by atoms with Gasteiger partial charge in [0, 0.05) is 37.8 Å². The summed E-state index contributed by atoms with van der Waals surface area (Å²) in [6.45, 7) is 7.59. The Labute approximate surface area is 176 Å². The smallest absolute Gasteiger partial charge is 0.242 e. The number of aryl methyl sites for hydroxylation is 1. The van der Waals surface area contributed by atoms with Gasteiger partial charge in [0.25, 0.3) is 0 Å². The molecule has 0 bridgehead atoms. The molecule has 2 amide bonds. The lowest BCUT2D eigenvalue weighted by Gasteiger charge is -2.24. The summed E-state index contributed by atoms with van der Waals surface area (Å²) in [7, 11) is 1.86. The Kier molecular flexibility index (Phi) is 6.66. The molecule has 158 valence electrons. The van der Waals surface area contributed by atoms with E-state index in [1.165, 1.54) is 4.90 Å². The van der Waals surface area contributed by atoms with E-state index >= 15 is 0 Å². The number of nitrogens with zero attached hydrogens (tertiary/aromatic N) is 5. The second-order valence-electron chi connectivity index (χ2n) is 7.20. The summed E-state index contributed by atoms with van der Waals surface area (Å²) in [5, 5.41) is 8.58. The predicted octanol–water partition coefficient (Wildman–Crippen LogP) is 2.85. The Morgan fingerprint density at radius 1 is 1.23 bits per heavy atom. The first-order chi connectivity index (χ1) is 14.5. The minimum absolute atomic E-state index is 0.0464. The number of carbonyl (C=O) groups excluding carboxylic acids is 2. The Hall–Kier alpha value is -3.42. The molecular weight excluding hydrogens is 380 g/mol. The molecule has 8 heteroatoms. The van der Waals surface area contributed by atoms with Crippen LogP contribution in [0.1, 0.15) is 25.0 Å². The molecule has 2 aromatic heterocycles. The number of rotatable bonds is 9. The SMILES string of the molecule is CCN(CC)C(=O)CN(C=O)Cc1cccc(Nc2cnc3c(cnn3C)c2)c1C. The van der Waals surface area contributed by atoms with Crippen LogP contribution in [0.5, 0.6) is 0 Å². The van der Waals surface area contributed by atoms with E-state index in [9.17, 15) is 9.59 Å². The summed E-state index contributed by atoms with van der Waals surface area (Å²) in [4.78, 5) is 31.6. The second kappa shape index (κ2) is 9.39. The molecule has 30 heavy (non-hydrogen) atoms. The highest BCUT2D eigenvalue weighted by Gasteiger charge is 2.15. The number of nitrogens with one attached hydrogen (secondary N) is 1. The second-order valence-corrected chi connectivity index (χ2v) is 7.20. The van der Waals surface area contributed by atoms with Crippen molar-refractivity contribution in [3.8, 4) is 0 Å². The summed E-state index contributed by atoms with van der Waals surface area (Å²) in [5.41, 5.74) is 4.62. The predicted molar refractivity (Wildman–Crippen MR) is 117 cm³/mol. The lowest BCUT2D eigenvalue weighted by Crippen LogP contribution is -2.39. The number of pyridine rings is 1. The van der Waals surface area contributed by atoms with Gasteiger partial charge in [0.1, 0.15) is 0 Å². The van der Waals surface area contributed by atoms with Gasteiger partial charge in [-0.25, -0.2) is 4.98 Å². The average molecular weight is 409 g/mol. The quantitative estimate of drug-likeness (QED) is 0.551. The van der Waals surface area contributed by atoms with Gasteiger partial charge in [-0.1, -0.05) is 12.1 Å². The van der Waals surface area contributed by atoms with Gasteiger partial charge in [0.15, 0.2) is 5.65 Å². The van der Waals surface area contributed by atoms with Crippen molar-refractivity contribution in [1.29, 1.82) is 0 Å². The van der Waals surface area contributed by atoms with Crippen molar-refractivity contribution in [3.63, 3.8) is 0 Å². The van der Waals surface area contributed by atoms with E-state index in [2.05, 4.69) is 15.4 Å². The first-order valence-electron chi connectivity index (χ1n) is 10.1. The van der Waals surface area contributed by atoms with Gasteiger partial charge in [-0.05, 0) is 44.0 Å². The van der Waals surface area contributed by atoms with Crippen molar-refractivity contribution >= 4 is 34.7 Å². The fourth-order valence-corrected chi connectivity index (χ4v) is 3.46. The van der Waals surface area contributed by atoms with Crippen LogP contribution in [-0.2, 0) is 23.2 Å². The number of hydrogen-bond acceptors (Lipinski definition) is 5. The first-order valence-corrected chi connectivity index (χ1v) is 10.1. The Morgan fingerprint density at radius 2 is 2.00 bits per heavy atom. The molecule has 0 aliphatic carbocycles. The minimum Gasteiger partial charge on any atom is -0.354 e. The Balaban J connectivity index is 1.76. The van der Waals surface area contributed by atoms with Crippen molar-refractivity contribution in [1.82, 2.24) is 24.6 Å². The summed E-state index contributed by atoms with van der Waals surface area (Å²) in [6.07, 6.45) is 4.30. The standard InChI is InChI=1S/C22H28N6O2/c1-5-28(6-2)21(30)14-27(15-29)13-17-8-7-9-20(16(17)3)25-19-10-18-11-24-26(4)22(18)23-12-19/h7-12,15,25H,5-6,13-14H2,1-4H3. The van der Waals surface area contributed by atoms with Crippen molar-refractivity contribution in [3.05, 3.63) is 47.8 Å². The Bertz CT molecular complexity index is 1040. The van der Waals surface area contributed by atoms with Gasteiger partial charge in [-0.15, -0.1) is 0 Å². The third-order valence-electron chi connectivity index (χ3n) is 5.27. The van der Waals surface area contributed by atoms with E-state index in [1.54, 1.807) is 22.0 Å². The minimum atomic E-state index is -0.0464. The highest BCUT2D eigenvalue weighted by molar-refractivity contribution is 5.81. The molecule has 3 aromatic rings. The van der Waals surface area contributed by atoms with Gasteiger partial charge in [-0.2, -0.15) is 5.10 Å². The fourth-order valence-electron chi connectivity index (χ4n) is 3.46. The molecule has 1 N–H and O–H groups in total. The van der Waals surface area contributed by atoms with E-state index < -0.39 is 0 Å². The zero-order valence-corrected chi connectivity index (χ0v) is 17.9. The van der Waals surface area contributed by atoms with Gasteiger partial charge in [0.05, 0.1) is 24.6 Å². The summed E-state index contributed by atoms with van der Waals surface area (Å²) in [6, 6.07) is 7.90. The number of aromatic nitrogens is 3. The lowest BCUT2D eigenvalue weighted by molar-refractivity contribution is -0.135. The summed E-state index contributed by atoms with van der Waals surface area (Å²) in [5.74, 6) is -0.0464. The molecule has 0 fully saturated rings. The highest BCUT2D eigenvalue weighted by atomic mass is 16.2. The molecule has 0 unspecified atom stereocenters. The third-order valence-corrected chi connectivity index (χ3v) is 5.27. The molecule has 0 aliphatic heterocycles. The normalized spacial score (nSPS) is 10.8. The van der Waals surface area contributed by atoms with Gasteiger partial charge in [-0.3, -0.25) is 14.3 Å². The molecule has 2 heterocycles. The van der Waals surface area contributed by atoms with Crippen molar-refractivity contribution in [2.45, 2.75) is 27.3 Å². The van der Waals surface area contributed by atoms with E-state index in [0.29, 0.717) is 19.6 Å². The number of hydrogen-bond donors (Lipinski definition) is 1. The number of benzene rings is 1. The van der Waals surface area contributed by atoms with Crippen LogP contribution in [0.25, 0.3) is 11.0 Å².